The Hall–Kier alpha value is -3.61. The molecule has 10 heteroatoms. The van der Waals surface area contributed by atoms with Crippen LogP contribution in [0.4, 0.5) is 21.8 Å². The van der Waals surface area contributed by atoms with Gasteiger partial charge in [0.2, 0.25) is 5.95 Å². The number of nitriles is 1. The van der Waals surface area contributed by atoms with Gasteiger partial charge in [0, 0.05) is 18.7 Å². The maximum Gasteiger partial charge on any atom is 0.229 e. The maximum absolute atomic E-state index is 14.3. The standard InChI is InChI=1S/C16H14FN9/c1-19-14-10(7-18)8-20-16(22-14)21-11-4-5-12(17)13(6-11)26-15(9-2-3-9)23-24-25-26/h4-6,8-9H,2-3H2,1H3,(H2,19,20,21,22). The van der Waals surface area contributed by atoms with Crippen LogP contribution in [0, 0.1) is 17.1 Å². The SMILES string of the molecule is CNc1nc(Nc2ccc(F)c(-n3nnnc3C3CC3)c2)ncc1C#N. The lowest BCUT2D eigenvalue weighted by Gasteiger charge is -2.10. The van der Waals surface area contributed by atoms with Crippen molar-refractivity contribution in [2.45, 2.75) is 18.8 Å². The summed E-state index contributed by atoms with van der Waals surface area (Å²) in [5, 5.41) is 26.5. The predicted molar refractivity (Wildman–Crippen MR) is 90.7 cm³/mol. The Morgan fingerprint density at radius 2 is 2.19 bits per heavy atom. The average Bonchev–Trinajstić information content (AvgIpc) is 3.40. The molecule has 0 saturated heterocycles. The zero-order chi connectivity index (χ0) is 18.1. The molecule has 2 N–H and O–H groups in total. The predicted octanol–water partition coefficient (Wildman–Crippen LogP) is 2.13. The summed E-state index contributed by atoms with van der Waals surface area (Å²) < 4.78 is 15.8. The maximum atomic E-state index is 14.3. The number of nitrogens with one attached hydrogen (secondary N) is 2. The second-order valence-corrected chi connectivity index (χ2v) is 5.83. The molecule has 2 heterocycles. The summed E-state index contributed by atoms with van der Waals surface area (Å²) in [6.07, 6.45) is 3.43. The van der Waals surface area contributed by atoms with Crippen molar-refractivity contribution in [3.63, 3.8) is 0 Å². The van der Waals surface area contributed by atoms with Crippen molar-refractivity contribution in [1.82, 2.24) is 30.2 Å². The van der Waals surface area contributed by atoms with Crippen LogP contribution in [-0.4, -0.2) is 37.2 Å². The lowest BCUT2D eigenvalue weighted by atomic mass is 10.2. The van der Waals surface area contributed by atoms with Gasteiger partial charge in [-0.1, -0.05) is 0 Å². The van der Waals surface area contributed by atoms with Crippen molar-refractivity contribution < 1.29 is 4.39 Å². The summed E-state index contributed by atoms with van der Waals surface area (Å²) in [4.78, 5) is 8.33. The molecule has 1 fully saturated rings. The van der Waals surface area contributed by atoms with E-state index in [-0.39, 0.29) is 17.6 Å². The molecule has 0 aliphatic heterocycles. The number of hydrogen-bond acceptors (Lipinski definition) is 8. The first-order valence-corrected chi connectivity index (χ1v) is 7.99. The van der Waals surface area contributed by atoms with E-state index in [1.165, 1.54) is 16.9 Å². The lowest BCUT2D eigenvalue weighted by molar-refractivity contribution is 0.602. The highest BCUT2D eigenvalue weighted by molar-refractivity contribution is 5.60. The first kappa shape index (κ1) is 15.9. The molecule has 9 nitrogen and oxygen atoms in total. The van der Waals surface area contributed by atoms with Crippen LogP contribution in [0.3, 0.4) is 0 Å². The molecule has 0 radical (unpaired) electrons. The van der Waals surface area contributed by atoms with Crippen molar-refractivity contribution in [1.29, 1.82) is 5.26 Å². The van der Waals surface area contributed by atoms with Crippen molar-refractivity contribution in [3.8, 4) is 11.8 Å². The van der Waals surface area contributed by atoms with E-state index in [1.54, 1.807) is 19.2 Å². The van der Waals surface area contributed by atoms with E-state index in [2.05, 4.69) is 36.1 Å². The number of tetrazole rings is 1. The molecular weight excluding hydrogens is 337 g/mol. The van der Waals surface area contributed by atoms with Gasteiger partial charge in [0.05, 0.1) is 6.20 Å². The summed E-state index contributed by atoms with van der Waals surface area (Å²) in [7, 11) is 1.67. The molecule has 0 amide bonds. The minimum Gasteiger partial charge on any atom is -0.372 e. The Balaban J connectivity index is 1.66. The number of nitrogens with zero attached hydrogens (tertiary/aromatic N) is 7. The first-order valence-electron chi connectivity index (χ1n) is 7.99. The minimum atomic E-state index is -0.429. The third kappa shape index (κ3) is 2.90. The van der Waals surface area contributed by atoms with Gasteiger partial charge in [0.25, 0.3) is 0 Å². The van der Waals surface area contributed by atoms with E-state index < -0.39 is 5.82 Å². The Morgan fingerprint density at radius 1 is 1.35 bits per heavy atom. The van der Waals surface area contributed by atoms with Crippen LogP contribution in [0.25, 0.3) is 5.69 Å². The Labute approximate surface area is 147 Å². The second-order valence-electron chi connectivity index (χ2n) is 5.83. The largest absolute Gasteiger partial charge is 0.372 e. The molecule has 0 unspecified atom stereocenters. The zero-order valence-electron chi connectivity index (χ0n) is 13.8. The highest BCUT2D eigenvalue weighted by atomic mass is 19.1. The lowest BCUT2D eigenvalue weighted by Crippen LogP contribution is -2.06. The summed E-state index contributed by atoms with van der Waals surface area (Å²) in [6.45, 7) is 0. The molecule has 1 aliphatic carbocycles. The fourth-order valence-electron chi connectivity index (χ4n) is 2.56. The van der Waals surface area contributed by atoms with Crippen LogP contribution in [0.1, 0.15) is 30.1 Å². The molecule has 3 aromatic rings. The van der Waals surface area contributed by atoms with E-state index in [1.807, 2.05) is 6.07 Å². The summed E-state index contributed by atoms with van der Waals surface area (Å²) in [5.74, 6) is 1.20. The van der Waals surface area contributed by atoms with E-state index in [0.29, 0.717) is 22.9 Å². The molecule has 4 rings (SSSR count). The Morgan fingerprint density at radius 3 is 2.92 bits per heavy atom. The molecule has 2 aromatic heterocycles. The summed E-state index contributed by atoms with van der Waals surface area (Å²) >= 11 is 0. The average molecular weight is 351 g/mol. The van der Waals surface area contributed by atoms with Gasteiger partial charge in [-0.3, -0.25) is 0 Å². The second kappa shape index (κ2) is 6.36. The molecule has 1 aliphatic rings. The van der Waals surface area contributed by atoms with Gasteiger partial charge in [0.1, 0.15) is 29.0 Å². The van der Waals surface area contributed by atoms with Crippen molar-refractivity contribution in [2.24, 2.45) is 0 Å². The molecule has 26 heavy (non-hydrogen) atoms. The van der Waals surface area contributed by atoms with Crippen LogP contribution in [0.5, 0.6) is 0 Å². The van der Waals surface area contributed by atoms with E-state index in [0.717, 1.165) is 12.8 Å². The molecular formula is C16H14FN9. The number of hydrogen-bond donors (Lipinski definition) is 2. The topological polar surface area (TPSA) is 117 Å². The van der Waals surface area contributed by atoms with Gasteiger partial charge in [-0.15, -0.1) is 5.10 Å². The number of benzene rings is 1. The smallest absolute Gasteiger partial charge is 0.229 e. The fraction of sp³-hybridized carbons (Fsp3) is 0.250. The van der Waals surface area contributed by atoms with Gasteiger partial charge in [-0.05, 0) is 41.5 Å². The first-order chi connectivity index (χ1) is 12.7. The zero-order valence-corrected chi connectivity index (χ0v) is 13.8. The van der Waals surface area contributed by atoms with Gasteiger partial charge < -0.3 is 10.6 Å². The van der Waals surface area contributed by atoms with Crippen LogP contribution in [-0.2, 0) is 0 Å². The van der Waals surface area contributed by atoms with Crippen molar-refractivity contribution in [2.75, 3.05) is 17.7 Å². The van der Waals surface area contributed by atoms with E-state index >= 15 is 0 Å². The van der Waals surface area contributed by atoms with Crippen LogP contribution < -0.4 is 10.6 Å². The van der Waals surface area contributed by atoms with E-state index in [9.17, 15) is 4.39 Å². The molecule has 0 atom stereocenters. The van der Waals surface area contributed by atoms with Crippen LogP contribution in [0.2, 0.25) is 0 Å². The van der Waals surface area contributed by atoms with Crippen molar-refractivity contribution >= 4 is 17.5 Å². The quantitative estimate of drug-likeness (QED) is 0.718. The van der Waals surface area contributed by atoms with E-state index in [4.69, 9.17) is 5.26 Å². The Bertz CT molecular complexity index is 1000. The molecule has 130 valence electrons. The summed E-state index contributed by atoms with van der Waals surface area (Å²) in [5.41, 5.74) is 1.16. The third-order valence-electron chi connectivity index (χ3n) is 4.01. The molecule has 1 aromatic carbocycles. The Kier molecular flexibility index (Phi) is 3.89. The highest BCUT2D eigenvalue weighted by Crippen LogP contribution is 2.39. The van der Waals surface area contributed by atoms with Crippen LogP contribution in [0.15, 0.2) is 24.4 Å². The van der Waals surface area contributed by atoms with Crippen LogP contribution >= 0.6 is 0 Å². The van der Waals surface area contributed by atoms with Gasteiger partial charge in [-0.25, -0.2) is 9.37 Å². The molecule has 0 spiro atoms. The van der Waals surface area contributed by atoms with Crippen molar-refractivity contribution in [3.05, 3.63) is 41.6 Å². The summed E-state index contributed by atoms with van der Waals surface area (Å²) in [6, 6.07) is 6.50. The van der Waals surface area contributed by atoms with Gasteiger partial charge in [0.15, 0.2) is 5.82 Å². The van der Waals surface area contributed by atoms with Gasteiger partial charge >= 0.3 is 0 Å². The molecule has 1 saturated carbocycles. The number of rotatable bonds is 5. The normalized spacial score (nSPS) is 13.3. The van der Waals surface area contributed by atoms with Gasteiger partial charge in [-0.2, -0.15) is 14.9 Å². The third-order valence-corrected chi connectivity index (χ3v) is 4.01. The monoisotopic (exact) mass is 351 g/mol. The number of halogens is 1. The fourth-order valence-corrected chi connectivity index (χ4v) is 2.56. The minimum absolute atomic E-state index is 0.254. The highest BCUT2D eigenvalue weighted by Gasteiger charge is 2.30. The number of aromatic nitrogens is 6. The number of anilines is 3. The molecule has 0 bridgehead atoms.